The zero-order chi connectivity index (χ0) is 12.3. The maximum absolute atomic E-state index is 10.5. The lowest BCUT2D eigenvalue weighted by atomic mass is 10.0. The number of ether oxygens (including phenoxy) is 1. The Labute approximate surface area is 104 Å². The summed E-state index contributed by atoms with van der Waals surface area (Å²) in [6.45, 7) is 5.73. The van der Waals surface area contributed by atoms with Crippen LogP contribution in [0.3, 0.4) is 0 Å². The van der Waals surface area contributed by atoms with Crippen LogP contribution in [0.25, 0.3) is 0 Å². The summed E-state index contributed by atoms with van der Waals surface area (Å²) in [6, 6.07) is 3.85. The van der Waals surface area contributed by atoms with Crippen LogP contribution in [-0.4, -0.2) is 17.7 Å². The zero-order valence-corrected chi connectivity index (χ0v) is 11.2. The minimum atomic E-state index is -0.963. The molecule has 0 bridgehead atoms. The Morgan fingerprint density at radius 3 is 2.62 bits per heavy atom. The third-order valence-electron chi connectivity index (χ3n) is 2.26. The molecule has 0 saturated carbocycles. The molecule has 0 heterocycles. The number of carbonyl (C=O) groups is 1. The molecule has 0 spiro atoms. The quantitative estimate of drug-likeness (QED) is 0.923. The minimum absolute atomic E-state index is 0.292. The standard InChI is InChI=1S/C12H15BrO3/c1-7(2)9-5-10(13)8(3)4-11(9)16-6-12(14)15/h4-5,7H,6H2,1-3H3,(H,14,15). The lowest BCUT2D eigenvalue weighted by Gasteiger charge is -2.15. The van der Waals surface area contributed by atoms with E-state index in [4.69, 9.17) is 9.84 Å². The lowest BCUT2D eigenvalue weighted by Crippen LogP contribution is -2.11. The molecule has 0 saturated heterocycles. The van der Waals surface area contributed by atoms with Crippen LogP contribution in [0.4, 0.5) is 0 Å². The predicted molar refractivity (Wildman–Crippen MR) is 66.1 cm³/mol. The molecule has 0 radical (unpaired) electrons. The predicted octanol–water partition coefficient (Wildman–Crippen LogP) is 3.34. The van der Waals surface area contributed by atoms with Crippen LogP contribution < -0.4 is 4.74 Å². The first-order valence-corrected chi connectivity index (χ1v) is 5.85. The molecular formula is C12H15BrO3. The SMILES string of the molecule is Cc1cc(OCC(=O)O)c(C(C)C)cc1Br. The van der Waals surface area contributed by atoms with Crippen LogP contribution in [0.1, 0.15) is 30.9 Å². The van der Waals surface area contributed by atoms with Gasteiger partial charge in [-0.25, -0.2) is 4.79 Å². The second-order valence-electron chi connectivity index (χ2n) is 3.98. The van der Waals surface area contributed by atoms with Crippen molar-refractivity contribution in [3.63, 3.8) is 0 Å². The zero-order valence-electron chi connectivity index (χ0n) is 9.58. The van der Waals surface area contributed by atoms with Crippen molar-refractivity contribution in [2.24, 2.45) is 0 Å². The smallest absolute Gasteiger partial charge is 0.341 e. The van der Waals surface area contributed by atoms with Gasteiger partial charge >= 0.3 is 5.97 Å². The average molecular weight is 287 g/mol. The van der Waals surface area contributed by atoms with E-state index in [1.54, 1.807) is 0 Å². The molecule has 88 valence electrons. The van der Waals surface area contributed by atoms with E-state index in [2.05, 4.69) is 15.9 Å². The topological polar surface area (TPSA) is 46.5 Å². The number of halogens is 1. The number of benzene rings is 1. The van der Waals surface area contributed by atoms with E-state index in [1.807, 2.05) is 32.9 Å². The van der Waals surface area contributed by atoms with Crippen LogP contribution in [0.15, 0.2) is 16.6 Å². The number of carboxylic acid groups (broad SMARTS) is 1. The van der Waals surface area contributed by atoms with E-state index in [0.717, 1.165) is 15.6 Å². The van der Waals surface area contributed by atoms with Gasteiger partial charge in [0, 0.05) is 4.47 Å². The number of hydrogen-bond acceptors (Lipinski definition) is 2. The van der Waals surface area contributed by atoms with Gasteiger partial charge in [-0.05, 0) is 36.1 Å². The first kappa shape index (κ1) is 13.0. The molecule has 3 nitrogen and oxygen atoms in total. The summed E-state index contributed by atoms with van der Waals surface area (Å²) in [5, 5.41) is 8.59. The van der Waals surface area contributed by atoms with Crippen LogP contribution >= 0.6 is 15.9 Å². The number of aliphatic carboxylic acids is 1. The van der Waals surface area contributed by atoms with Crippen molar-refractivity contribution in [3.8, 4) is 5.75 Å². The van der Waals surface area contributed by atoms with Gasteiger partial charge in [-0.15, -0.1) is 0 Å². The van der Waals surface area contributed by atoms with Crippen molar-refractivity contribution in [1.29, 1.82) is 0 Å². The monoisotopic (exact) mass is 286 g/mol. The highest BCUT2D eigenvalue weighted by Crippen LogP contribution is 2.32. The van der Waals surface area contributed by atoms with Gasteiger partial charge in [0.2, 0.25) is 0 Å². The lowest BCUT2D eigenvalue weighted by molar-refractivity contribution is -0.139. The van der Waals surface area contributed by atoms with Crippen LogP contribution in [0.2, 0.25) is 0 Å². The molecule has 0 amide bonds. The van der Waals surface area contributed by atoms with E-state index in [-0.39, 0.29) is 6.61 Å². The number of carboxylic acids is 1. The molecule has 1 aromatic rings. The Hall–Kier alpha value is -1.03. The van der Waals surface area contributed by atoms with Gasteiger partial charge in [0.25, 0.3) is 0 Å². The summed E-state index contributed by atoms with van der Waals surface area (Å²) in [4.78, 5) is 10.5. The molecule has 1 aromatic carbocycles. The fourth-order valence-corrected chi connectivity index (χ4v) is 1.75. The molecule has 0 aliphatic carbocycles. The fourth-order valence-electron chi connectivity index (χ4n) is 1.39. The van der Waals surface area contributed by atoms with E-state index in [0.29, 0.717) is 11.7 Å². The Balaban J connectivity index is 3.04. The van der Waals surface area contributed by atoms with Gasteiger partial charge in [0.1, 0.15) is 5.75 Å². The second-order valence-corrected chi connectivity index (χ2v) is 4.83. The number of rotatable bonds is 4. The number of aryl methyl sites for hydroxylation is 1. The Morgan fingerprint density at radius 2 is 2.12 bits per heavy atom. The third-order valence-corrected chi connectivity index (χ3v) is 3.12. The molecule has 4 heteroatoms. The van der Waals surface area contributed by atoms with Gasteiger partial charge in [0.15, 0.2) is 6.61 Å². The molecule has 0 unspecified atom stereocenters. The van der Waals surface area contributed by atoms with Gasteiger partial charge in [-0.3, -0.25) is 0 Å². The van der Waals surface area contributed by atoms with Crippen molar-refractivity contribution in [3.05, 3.63) is 27.7 Å². The molecule has 0 aliphatic heterocycles. The van der Waals surface area contributed by atoms with Gasteiger partial charge in [-0.2, -0.15) is 0 Å². The minimum Gasteiger partial charge on any atom is -0.482 e. The second kappa shape index (κ2) is 5.34. The van der Waals surface area contributed by atoms with Crippen molar-refractivity contribution in [2.45, 2.75) is 26.7 Å². The molecular weight excluding hydrogens is 272 g/mol. The summed E-state index contributed by atoms with van der Waals surface area (Å²) in [5.41, 5.74) is 2.04. The van der Waals surface area contributed by atoms with Crippen LogP contribution in [0, 0.1) is 6.92 Å². The molecule has 0 aliphatic rings. The highest BCUT2D eigenvalue weighted by Gasteiger charge is 2.11. The van der Waals surface area contributed by atoms with Crippen molar-refractivity contribution >= 4 is 21.9 Å². The highest BCUT2D eigenvalue weighted by molar-refractivity contribution is 9.10. The van der Waals surface area contributed by atoms with Gasteiger partial charge < -0.3 is 9.84 Å². The first-order chi connectivity index (χ1) is 7.41. The van der Waals surface area contributed by atoms with Gasteiger partial charge in [-0.1, -0.05) is 29.8 Å². The largest absolute Gasteiger partial charge is 0.482 e. The van der Waals surface area contributed by atoms with Crippen LogP contribution in [0.5, 0.6) is 5.75 Å². The molecule has 1 N–H and O–H groups in total. The summed E-state index contributed by atoms with van der Waals surface area (Å²) < 4.78 is 6.29. The molecule has 16 heavy (non-hydrogen) atoms. The van der Waals surface area contributed by atoms with Crippen molar-refractivity contribution in [2.75, 3.05) is 6.61 Å². The Kier molecular flexibility index (Phi) is 4.35. The van der Waals surface area contributed by atoms with Gasteiger partial charge in [0.05, 0.1) is 0 Å². The maximum Gasteiger partial charge on any atom is 0.341 e. The van der Waals surface area contributed by atoms with Crippen molar-refractivity contribution < 1.29 is 14.6 Å². The molecule has 0 atom stereocenters. The third kappa shape index (κ3) is 3.23. The molecule has 0 fully saturated rings. The van der Waals surface area contributed by atoms with E-state index >= 15 is 0 Å². The highest BCUT2D eigenvalue weighted by atomic mass is 79.9. The van der Waals surface area contributed by atoms with E-state index in [9.17, 15) is 4.79 Å². The first-order valence-electron chi connectivity index (χ1n) is 5.06. The van der Waals surface area contributed by atoms with Crippen LogP contribution in [-0.2, 0) is 4.79 Å². The fraction of sp³-hybridized carbons (Fsp3) is 0.417. The molecule has 0 aromatic heterocycles. The Bertz CT molecular complexity index is 399. The van der Waals surface area contributed by atoms with E-state index < -0.39 is 5.97 Å². The van der Waals surface area contributed by atoms with Crippen molar-refractivity contribution in [1.82, 2.24) is 0 Å². The number of hydrogen-bond donors (Lipinski definition) is 1. The average Bonchev–Trinajstić information content (AvgIpc) is 2.18. The summed E-state index contributed by atoms with van der Waals surface area (Å²) in [7, 11) is 0. The maximum atomic E-state index is 10.5. The Morgan fingerprint density at radius 1 is 1.50 bits per heavy atom. The summed E-state index contributed by atoms with van der Waals surface area (Å²) in [6.07, 6.45) is 0. The molecule has 1 rings (SSSR count). The van der Waals surface area contributed by atoms with E-state index in [1.165, 1.54) is 0 Å². The summed E-state index contributed by atoms with van der Waals surface area (Å²) >= 11 is 3.46. The normalized spacial score (nSPS) is 10.6. The summed E-state index contributed by atoms with van der Waals surface area (Å²) in [5.74, 6) is -0.0194.